The Labute approximate surface area is 293 Å². The maximum Gasteiger partial charge on any atom is 0.260 e. The van der Waals surface area contributed by atoms with E-state index >= 15 is 0 Å². The number of rotatable bonds is 11. The van der Waals surface area contributed by atoms with Gasteiger partial charge >= 0.3 is 0 Å². The van der Waals surface area contributed by atoms with Crippen LogP contribution in [0.25, 0.3) is 22.2 Å². The van der Waals surface area contributed by atoms with Crippen LogP contribution in [-0.2, 0) is 16.1 Å². The quantitative estimate of drug-likeness (QED) is 0.189. The number of benzene rings is 2. The van der Waals surface area contributed by atoms with E-state index in [0.717, 1.165) is 5.56 Å². The number of piperazine rings is 1. The van der Waals surface area contributed by atoms with Gasteiger partial charge in [-0.3, -0.25) is 23.9 Å². The van der Waals surface area contributed by atoms with Crippen LogP contribution < -0.4 is 25.7 Å². The second kappa shape index (κ2) is 15.1. The molecule has 4 aromatic rings. The summed E-state index contributed by atoms with van der Waals surface area (Å²) in [5.74, 6) is 0.263. The lowest BCUT2D eigenvalue weighted by molar-refractivity contribution is -0.128. The molecule has 1 atom stereocenters. The second-order valence-corrected chi connectivity index (χ2v) is 12.3. The van der Waals surface area contributed by atoms with Crippen LogP contribution in [0.4, 0.5) is 17.3 Å². The maximum absolute atomic E-state index is 14.5. The van der Waals surface area contributed by atoms with Crippen molar-refractivity contribution in [2.75, 3.05) is 51.5 Å². The highest BCUT2D eigenvalue weighted by Crippen LogP contribution is 2.45. The highest BCUT2D eigenvalue weighted by Gasteiger charge is 2.28. The number of halogens is 2. The lowest BCUT2D eigenvalue weighted by atomic mass is 10.0. The highest BCUT2D eigenvalue weighted by molar-refractivity contribution is 6.41. The first kappa shape index (κ1) is 35.4. The Balaban J connectivity index is 1.65. The number of carbonyl (C=O) groups excluding carboxylic acids is 2. The molecule has 2 N–H and O–H groups in total. The van der Waals surface area contributed by atoms with Crippen LogP contribution in [-0.4, -0.2) is 83.1 Å². The number of carbonyl (C=O) groups is 2. The fourth-order valence-electron chi connectivity index (χ4n) is 5.83. The molecule has 2 aromatic heterocycles. The zero-order valence-corrected chi connectivity index (χ0v) is 29.2. The molecular formula is C35H37Cl2N7O5. The van der Waals surface area contributed by atoms with E-state index < -0.39 is 5.56 Å². The summed E-state index contributed by atoms with van der Waals surface area (Å²) in [5, 5.41) is 6.85. The number of para-hydroxylation sites is 1. The van der Waals surface area contributed by atoms with E-state index in [-0.39, 0.29) is 63.0 Å². The van der Waals surface area contributed by atoms with E-state index in [9.17, 15) is 14.4 Å². The summed E-state index contributed by atoms with van der Waals surface area (Å²) in [6.45, 7) is 11.0. The normalized spacial score (nSPS) is 14.7. The van der Waals surface area contributed by atoms with E-state index in [4.69, 9.17) is 37.7 Å². The molecule has 14 heteroatoms. The monoisotopic (exact) mass is 705 g/mol. The van der Waals surface area contributed by atoms with Crippen molar-refractivity contribution in [3.05, 3.63) is 87.8 Å². The molecule has 12 nitrogen and oxygen atoms in total. The van der Waals surface area contributed by atoms with Crippen LogP contribution in [0.15, 0.2) is 66.6 Å². The number of hydrogen-bond donors (Lipinski definition) is 2. The minimum atomic E-state index is -0.399. The molecule has 1 aliphatic rings. The summed E-state index contributed by atoms with van der Waals surface area (Å²) in [6.07, 6.45) is 4.61. The number of aromatic nitrogens is 3. The summed E-state index contributed by atoms with van der Waals surface area (Å²) in [4.78, 5) is 52.4. The molecule has 0 spiro atoms. The number of pyridine rings is 1. The van der Waals surface area contributed by atoms with Gasteiger partial charge in [0.15, 0.2) is 0 Å². The van der Waals surface area contributed by atoms with Crippen LogP contribution in [0.5, 0.6) is 11.5 Å². The molecule has 2 amide bonds. The van der Waals surface area contributed by atoms with Crippen molar-refractivity contribution in [1.82, 2.24) is 24.3 Å². The Bertz CT molecular complexity index is 1990. The van der Waals surface area contributed by atoms with Gasteiger partial charge in [0.1, 0.15) is 17.1 Å². The van der Waals surface area contributed by atoms with Crippen molar-refractivity contribution in [2.24, 2.45) is 0 Å². The highest BCUT2D eigenvalue weighted by atomic mass is 35.5. The number of nitrogens with one attached hydrogen (secondary N) is 2. The summed E-state index contributed by atoms with van der Waals surface area (Å²) < 4.78 is 12.5. The SMILES string of the molecule is C=CC(=O)Nc1cccc(C)c1Nc1ncc2cc(-c3c(Cl)c(OC)cc(OC)c3Cl)c(=O)n(CCC3CN(C(=O)C=C)CCN3C)c2n1. The van der Waals surface area contributed by atoms with Gasteiger partial charge in [-0.15, -0.1) is 0 Å². The standard InChI is InChI=1S/C35H37Cl2N7O5/c1-7-27(45)39-24-11-9-10-20(3)32(24)40-35-38-18-21-16-23(29-30(36)25(48-5)17-26(49-6)31(29)37)34(47)44(33(21)41-35)13-12-22-19-43(28(46)8-2)15-14-42(22)4/h7-11,16-18,22H,1-2,12-15,19H2,3-6H3,(H,39,45)(H,38,40,41). The van der Waals surface area contributed by atoms with Crippen LogP contribution in [0.3, 0.4) is 0 Å². The zero-order chi connectivity index (χ0) is 35.4. The largest absolute Gasteiger partial charge is 0.495 e. The Hall–Kier alpha value is -4.91. The van der Waals surface area contributed by atoms with Crippen molar-refractivity contribution in [1.29, 1.82) is 0 Å². The van der Waals surface area contributed by atoms with Gasteiger partial charge in [-0.05, 0) is 50.2 Å². The van der Waals surface area contributed by atoms with Gasteiger partial charge in [0, 0.05) is 55.4 Å². The average Bonchev–Trinajstić information content (AvgIpc) is 3.10. The predicted octanol–water partition coefficient (Wildman–Crippen LogP) is 5.68. The van der Waals surface area contributed by atoms with Crippen LogP contribution in [0.1, 0.15) is 12.0 Å². The predicted molar refractivity (Wildman–Crippen MR) is 193 cm³/mol. The van der Waals surface area contributed by atoms with Gasteiger partial charge < -0.3 is 25.0 Å². The summed E-state index contributed by atoms with van der Waals surface area (Å²) in [7, 11) is 4.92. The molecule has 0 bridgehead atoms. The third kappa shape index (κ3) is 7.26. The van der Waals surface area contributed by atoms with E-state index in [1.165, 1.54) is 26.4 Å². The van der Waals surface area contributed by atoms with Crippen molar-refractivity contribution in [2.45, 2.75) is 25.9 Å². The lowest BCUT2D eigenvalue weighted by Gasteiger charge is -2.39. The van der Waals surface area contributed by atoms with E-state index in [1.54, 1.807) is 33.9 Å². The minimum absolute atomic E-state index is 0.0465. The van der Waals surface area contributed by atoms with Gasteiger partial charge in [-0.2, -0.15) is 4.98 Å². The third-order valence-electron chi connectivity index (χ3n) is 8.57. The van der Waals surface area contributed by atoms with Crippen molar-refractivity contribution in [3.63, 3.8) is 0 Å². The van der Waals surface area contributed by atoms with Gasteiger partial charge in [0.05, 0.1) is 41.2 Å². The van der Waals surface area contributed by atoms with Gasteiger partial charge in [0.2, 0.25) is 17.8 Å². The maximum atomic E-state index is 14.5. The van der Waals surface area contributed by atoms with E-state index in [1.807, 2.05) is 26.1 Å². The molecule has 3 heterocycles. The fraction of sp³-hybridized carbons (Fsp3) is 0.286. The van der Waals surface area contributed by atoms with Crippen LogP contribution in [0.2, 0.25) is 10.0 Å². The van der Waals surface area contributed by atoms with Crippen LogP contribution >= 0.6 is 23.2 Å². The van der Waals surface area contributed by atoms with E-state index in [2.05, 4.69) is 33.7 Å². The number of nitrogens with zero attached hydrogens (tertiary/aromatic N) is 5. The van der Waals surface area contributed by atoms with Gasteiger partial charge in [0.25, 0.3) is 5.56 Å². The smallest absolute Gasteiger partial charge is 0.260 e. The van der Waals surface area contributed by atoms with Crippen LogP contribution in [0, 0.1) is 6.92 Å². The van der Waals surface area contributed by atoms with Crippen molar-refractivity contribution >= 4 is 63.4 Å². The Morgan fingerprint density at radius 2 is 1.80 bits per heavy atom. The molecule has 256 valence electrons. The first-order valence-corrected chi connectivity index (χ1v) is 16.2. The molecule has 0 aliphatic carbocycles. The molecular weight excluding hydrogens is 669 g/mol. The molecule has 5 rings (SSSR count). The zero-order valence-electron chi connectivity index (χ0n) is 27.7. The molecule has 1 saturated heterocycles. The number of anilines is 3. The molecule has 49 heavy (non-hydrogen) atoms. The fourth-order valence-corrected chi connectivity index (χ4v) is 6.53. The number of methoxy groups -OCH3 is 2. The van der Waals surface area contributed by atoms with Crippen molar-refractivity contribution in [3.8, 4) is 22.6 Å². The Morgan fingerprint density at radius 1 is 1.08 bits per heavy atom. The minimum Gasteiger partial charge on any atom is -0.495 e. The number of likely N-dealkylation sites (N-methyl/N-ethyl adjacent to an activating group) is 1. The van der Waals surface area contributed by atoms with E-state index in [0.29, 0.717) is 48.5 Å². The number of hydrogen-bond acceptors (Lipinski definition) is 9. The number of fused-ring (bicyclic) bond motifs is 1. The molecule has 0 saturated carbocycles. The lowest BCUT2D eigenvalue weighted by Crippen LogP contribution is -2.53. The summed E-state index contributed by atoms with van der Waals surface area (Å²) >= 11 is 13.6. The molecule has 1 aliphatic heterocycles. The first-order valence-electron chi connectivity index (χ1n) is 15.4. The first-order chi connectivity index (χ1) is 23.5. The average molecular weight is 707 g/mol. The Kier molecular flexibility index (Phi) is 10.9. The summed E-state index contributed by atoms with van der Waals surface area (Å²) in [5.41, 5.74) is 2.34. The molecule has 1 fully saturated rings. The topological polar surface area (TPSA) is 131 Å². The Morgan fingerprint density at radius 3 is 2.45 bits per heavy atom. The molecule has 0 radical (unpaired) electrons. The van der Waals surface area contributed by atoms with Crippen molar-refractivity contribution < 1.29 is 19.1 Å². The third-order valence-corrected chi connectivity index (χ3v) is 9.32. The molecule has 2 aromatic carbocycles. The summed E-state index contributed by atoms with van der Waals surface area (Å²) in [6, 6.07) is 8.60. The second-order valence-electron chi connectivity index (χ2n) is 11.5. The van der Waals surface area contributed by atoms with Gasteiger partial charge in [-0.1, -0.05) is 48.5 Å². The number of aryl methyl sites for hydroxylation is 2. The number of ether oxygens (including phenoxy) is 2. The molecule has 1 unspecified atom stereocenters. The van der Waals surface area contributed by atoms with Gasteiger partial charge in [-0.25, -0.2) is 4.98 Å². The number of amides is 2.